The van der Waals surface area contributed by atoms with Crippen molar-refractivity contribution in [3.63, 3.8) is 0 Å². The Bertz CT molecular complexity index is 809. The topological polar surface area (TPSA) is 94.3 Å². The largest absolute Gasteiger partial charge is 0.378 e. The molecule has 2 aromatic heterocycles. The van der Waals surface area contributed by atoms with Gasteiger partial charge in [0.15, 0.2) is 5.69 Å². The average molecular weight is 381 g/mol. The molecule has 0 unspecified atom stereocenters. The Morgan fingerprint density at radius 2 is 2.00 bits per heavy atom. The highest BCUT2D eigenvalue weighted by Gasteiger charge is 2.27. The zero-order chi connectivity index (χ0) is 18.7. The van der Waals surface area contributed by atoms with E-state index in [0.717, 1.165) is 0 Å². The molecule has 1 aliphatic heterocycles. The number of hydrogen-bond acceptors (Lipinski definition) is 5. The van der Waals surface area contributed by atoms with Gasteiger partial charge >= 0.3 is 0 Å². The SMILES string of the molecule is CCn1cc(Cl)c(C(=O)Nc2cnn(CC)c2C(=O)N2CCOCC2)n1. The number of carbonyl (C=O) groups is 2. The van der Waals surface area contributed by atoms with Crippen molar-refractivity contribution >= 4 is 29.1 Å². The van der Waals surface area contributed by atoms with E-state index in [1.165, 1.54) is 6.20 Å². The molecule has 0 bridgehead atoms. The average Bonchev–Trinajstić information content (AvgIpc) is 3.24. The molecule has 0 spiro atoms. The highest BCUT2D eigenvalue weighted by atomic mass is 35.5. The van der Waals surface area contributed by atoms with Crippen molar-refractivity contribution in [2.75, 3.05) is 31.6 Å². The summed E-state index contributed by atoms with van der Waals surface area (Å²) in [6, 6.07) is 0. The van der Waals surface area contributed by atoms with E-state index >= 15 is 0 Å². The summed E-state index contributed by atoms with van der Waals surface area (Å²) in [7, 11) is 0. The van der Waals surface area contributed by atoms with Gasteiger partial charge in [0.1, 0.15) is 5.69 Å². The van der Waals surface area contributed by atoms with Gasteiger partial charge < -0.3 is 15.0 Å². The summed E-state index contributed by atoms with van der Waals surface area (Å²) in [5.74, 6) is -0.665. The smallest absolute Gasteiger partial charge is 0.277 e. The van der Waals surface area contributed by atoms with E-state index in [-0.39, 0.29) is 16.6 Å². The van der Waals surface area contributed by atoms with Gasteiger partial charge in [0, 0.05) is 32.4 Å². The van der Waals surface area contributed by atoms with Crippen molar-refractivity contribution in [2.24, 2.45) is 0 Å². The van der Waals surface area contributed by atoms with Gasteiger partial charge in [0.2, 0.25) is 0 Å². The van der Waals surface area contributed by atoms with E-state index in [2.05, 4.69) is 15.5 Å². The van der Waals surface area contributed by atoms with Crippen LogP contribution >= 0.6 is 11.6 Å². The standard InChI is InChI=1S/C16H21ClN6O3/c1-3-22-10-11(17)13(20-22)15(24)19-12-9-18-23(4-2)14(12)16(25)21-5-7-26-8-6-21/h9-10H,3-8H2,1-2H3,(H,19,24). The molecule has 9 nitrogen and oxygen atoms in total. The Kier molecular flexibility index (Phi) is 5.58. The van der Waals surface area contributed by atoms with Gasteiger partial charge in [-0.3, -0.25) is 19.0 Å². The summed E-state index contributed by atoms with van der Waals surface area (Å²) in [5.41, 5.74) is 0.798. The fraction of sp³-hybridized carbons (Fsp3) is 0.500. The fourth-order valence-corrected chi connectivity index (χ4v) is 2.99. The van der Waals surface area contributed by atoms with E-state index in [1.807, 2.05) is 13.8 Å². The number of nitrogens with one attached hydrogen (secondary N) is 1. The summed E-state index contributed by atoms with van der Waals surface area (Å²) in [5, 5.41) is 11.3. The second-order valence-electron chi connectivity index (χ2n) is 5.76. The number of ether oxygens (including phenoxy) is 1. The molecule has 1 fully saturated rings. The number of anilines is 1. The number of rotatable bonds is 5. The zero-order valence-corrected chi connectivity index (χ0v) is 15.5. The fourth-order valence-electron chi connectivity index (χ4n) is 2.75. The maximum absolute atomic E-state index is 12.9. The van der Waals surface area contributed by atoms with Gasteiger partial charge in [-0.2, -0.15) is 10.2 Å². The maximum atomic E-state index is 12.9. The quantitative estimate of drug-likeness (QED) is 0.848. The second-order valence-corrected chi connectivity index (χ2v) is 6.17. The third-order valence-electron chi connectivity index (χ3n) is 4.14. The van der Waals surface area contributed by atoms with Gasteiger partial charge in [0.25, 0.3) is 11.8 Å². The summed E-state index contributed by atoms with van der Waals surface area (Å²) in [6.07, 6.45) is 3.06. The minimum Gasteiger partial charge on any atom is -0.378 e. The van der Waals surface area contributed by atoms with Crippen molar-refractivity contribution in [3.8, 4) is 0 Å². The molecule has 1 saturated heterocycles. The molecule has 0 saturated carbocycles. The van der Waals surface area contributed by atoms with Crippen molar-refractivity contribution in [1.29, 1.82) is 0 Å². The van der Waals surface area contributed by atoms with Crippen LogP contribution in [0.4, 0.5) is 5.69 Å². The number of halogens is 1. The Balaban J connectivity index is 1.85. The molecule has 2 aromatic rings. The van der Waals surface area contributed by atoms with E-state index < -0.39 is 5.91 Å². The number of carbonyl (C=O) groups excluding carboxylic acids is 2. The molecular weight excluding hydrogens is 360 g/mol. The normalized spacial score (nSPS) is 14.5. The monoisotopic (exact) mass is 380 g/mol. The van der Waals surface area contributed by atoms with E-state index in [0.29, 0.717) is 50.8 Å². The summed E-state index contributed by atoms with van der Waals surface area (Å²) >= 11 is 6.09. The molecule has 0 aliphatic carbocycles. The number of nitrogens with zero attached hydrogens (tertiary/aromatic N) is 5. The molecule has 0 atom stereocenters. The minimum absolute atomic E-state index is 0.113. The Hall–Kier alpha value is -2.39. The molecule has 0 aromatic carbocycles. The Morgan fingerprint density at radius 1 is 1.27 bits per heavy atom. The van der Waals surface area contributed by atoms with Gasteiger partial charge in [-0.25, -0.2) is 0 Å². The van der Waals surface area contributed by atoms with Crippen LogP contribution in [0, 0.1) is 0 Å². The summed E-state index contributed by atoms with van der Waals surface area (Å²) < 4.78 is 8.44. The minimum atomic E-state index is -0.478. The van der Waals surface area contributed by atoms with E-state index in [4.69, 9.17) is 16.3 Å². The molecule has 10 heteroatoms. The first-order chi connectivity index (χ1) is 12.5. The van der Waals surface area contributed by atoms with Crippen LogP contribution in [0.25, 0.3) is 0 Å². The number of aryl methyl sites for hydroxylation is 2. The lowest BCUT2D eigenvalue weighted by atomic mass is 10.2. The third-order valence-corrected chi connectivity index (χ3v) is 4.42. The van der Waals surface area contributed by atoms with Crippen LogP contribution in [-0.2, 0) is 17.8 Å². The molecule has 3 heterocycles. The highest BCUT2D eigenvalue weighted by molar-refractivity contribution is 6.34. The van der Waals surface area contributed by atoms with E-state index in [1.54, 1.807) is 20.5 Å². The van der Waals surface area contributed by atoms with Gasteiger partial charge in [-0.1, -0.05) is 11.6 Å². The number of aromatic nitrogens is 4. The molecule has 0 radical (unpaired) electrons. The Morgan fingerprint density at radius 3 is 2.62 bits per heavy atom. The van der Waals surface area contributed by atoms with Gasteiger partial charge in [-0.05, 0) is 13.8 Å². The first-order valence-electron chi connectivity index (χ1n) is 8.52. The number of amides is 2. The molecule has 26 heavy (non-hydrogen) atoms. The molecule has 1 aliphatic rings. The van der Waals surface area contributed by atoms with Crippen LogP contribution in [0.1, 0.15) is 34.8 Å². The molecule has 140 valence electrons. The zero-order valence-electron chi connectivity index (χ0n) is 14.7. The van der Waals surface area contributed by atoms with E-state index in [9.17, 15) is 9.59 Å². The number of hydrogen-bond donors (Lipinski definition) is 1. The van der Waals surface area contributed by atoms with Crippen LogP contribution in [-0.4, -0.2) is 62.6 Å². The van der Waals surface area contributed by atoms with Crippen LogP contribution in [0.15, 0.2) is 12.4 Å². The van der Waals surface area contributed by atoms with Crippen molar-refractivity contribution < 1.29 is 14.3 Å². The summed E-state index contributed by atoms with van der Waals surface area (Å²) in [6.45, 7) is 6.90. The summed E-state index contributed by atoms with van der Waals surface area (Å²) in [4.78, 5) is 27.2. The second kappa shape index (κ2) is 7.88. The maximum Gasteiger partial charge on any atom is 0.277 e. The predicted octanol–water partition coefficient (Wildman–Crippen LogP) is 1.50. The van der Waals surface area contributed by atoms with Crippen LogP contribution in [0.2, 0.25) is 5.02 Å². The first-order valence-corrected chi connectivity index (χ1v) is 8.90. The van der Waals surface area contributed by atoms with Crippen LogP contribution in [0.5, 0.6) is 0 Å². The lowest BCUT2D eigenvalue weighted by Crippen LogP contribution is -2.41. The van der Waals surface area contributed by atoms with Crippen LogP contribution < -0.4 is 5.32 Å². The van der Waals surface area contributed by atoms with Gasteiger partial charge in [0.05, 0.1) is 30.1 Å². The molecule has 3 rings (SSSR count). The Labute approximate surface area is 155 Å². The van der Waals surface area contributed by atoms with Crippen molar-refractivity contribution in [1.82, 2.24) is 24.5 Å². The molecular formula is C16H21ClN6O3. The van der Waals surface area contributed by atoms with Crippen molar-refractivity contribution in [3.05, 3.63) is 28.8 Å². The lowest BCUT2D eigenvalue weighted by molar-refractivity contribution is 0.0295. The van der Waals surface area contributed by atoms with Crippen molar-refractivity contribution in [2.45, 2.75) is 26.9 Å². The van der Waals surface area contributed by atoms with Crippen LogP contribution in [0.3, 0.4) is 0 Å². The van der Waals surface area contributed by atoms with Gasteiger partial charge in [-0.15, -0.1) is 0 Å². The first kappa shape index (κ1) is 18.4. The lowest BCUT2D eigenvalue weighted by Gasteiger charge is -2.27. The third kappa shape index (κ3) is 3.58. The number of morpholine rings is 1. The highest BCUT2D eigenvalue weighted by Crippen LogP contribution is 2.21. The molecule has 2 amide bonds. The molecule has 1 N–H and O–H groups in total. The predicted molar refractivity (Wildman–Crippen MR) is 95.5 cm³/mol.